The van der Waals surface area contributed by atoms with Crippen LogP contribution in [0.15, 0.2) is 53.6 Å². The second kappa shape index (κ2) is 7.79. The third-order valence-corrected chi connectivity index (χ3v) is 5.91. The van der Waals surface area contributed by atoms with Gasteiger partial charge in [-0.25, -0.2) is 0 Å². The number of fused-ring (bicyclic) bond motifs is 1. The number of benzene rings is 2. The Hall–Kier alpha value is -2.99. The van der Waals surface area contributed by atoms with E-state index in [1.165, 1.54) is 4.90 Å². The number of rotatable bonds is 5. The van der Waals surface area contributed by atoms with Crippen molar-refractivity contribution < 1.29 is 14.3 Å². The largest absolute Gasteiger partial charge is 0.491 e. The molecule has 1 aromatic heterocycles. The van der Waals surface area contributed by atoms with E-state index in [1.54, 1.807) is 6.08 Å². The molecule has 2 aromatic carbocycles. The van der Waals surface area contributed by atoms with Crippen molar-refractivity contribution in [3.63, 3.8) is 0 Å². The van der Waals surface area contributed by atoms with Crippen LogP contribution in [0.2, 0.25) is 0 Å². The Morgan fingerprint density at radius 2 is 1.90 bits per heavy atom. The number of hydrogen-bond acceptors (Lipinski definition) is 4. The van der Waals surface area contributed by atoms with Crippen molar-refractivity contribution >= 4 is 39.9 Å². The maximum absolute atomic E-state index is 12.8. The van der Waals surface area contributed by atoms with Crippen molar-refractivity contribution in [2.75, 3.05) is 13.2 Å². The van der Waals surface area contributed by atoms with Crippen LogP contribution < -0.4 is 4.74 Å². The molecule has 0 bridgehead atoms. The first-order chi connectivity index (χ1) is 13.9. The maximum atomic E-state index is 12.8. The molecule has 4 rings (SSSR count). The lowest BCUT2D eigenvalue weighted by Gasteiger charge is -2.14. The molecule has 29 heavy (non-hydrogen) atoms. The molecule has 0 atom stereocenters. The van der Waals surface area contributed by atoms with E-state index < -0.39 is 0 Å². The Labute approximate surface area is 173 Å². The molecular formula is C23H22N2O3S. The van der Waals surface area contributed by atoms with Gasteiger partial charge >= 0.3 is 0 Å². The molecule has 0 aliphatic carbocycles. The van der Waals surface area contributed by atoms with E-state index in [1.807, 2.05) is 74.1 Å². The van der Waals surface area contributed by atoms with Gasteiger partial charge in [0.1, 0.15) is 12.4 Å². The topological polar surface area (TPSA) is 51.5 Å². The summed E-state index contributed by atoms with van der Waals surface area (Å²) in [6.45, 7) is 4.47. The first kappa shape index (κ1) is 19.3. The molecule has 3 aromatic rings. The van der Waals surface area contributed by atoms with Crippen LogP contribution >= 0.6 is 11.8 Å². The summed E-state index contributed by atoms with van der Waals surface area (Å²) in [5, 5.41) is 0.797. The van der Waals surface area contributed by atoms with E-state index in [2.05, 4.69) is 0 Å². The number of hydrogen-bond donors (Lipinski definition) is 0. The highest BCUT2D eigenvalue weighted by atomic mass is 32.2. The first-order valence-corrected chi connectivity index (χ1v) is 10.2. The number of nitrogens with zero attached hydrogens (tertiary/aromatic N) is 2. The molecule has 0 unspecified atom stereocenters. The molecule has 0 spiro atoms. The molecule has 148 valence electrons. The van der Waals surface area contributed by atoms with Gasteiger partial charge in [0.15, 0.2) is 0 Å². The van der Waals surface area contributed by atoms with E-state index >= 15 is 0 Å². The summed E-state index contributed by atoms with van der Waals surface area (Å²) in [7, 11) is 1.97. The number of amides is 2. The second-order valence-electron chi connectivity index (χ2n) is 7.16. The van der Waals surface area contributed by atoms with Gasteiger partial charge in [0.2, 0.25) is 0 Å². The highest BCUT2D eigenvalue weighted by Crippen LogP contribution is 2.34. The first-order valence-electron chi connectivity index (χ1n) is 9.43. The van der Waals surface area contributed by atoms with Gasteiger partial charge in [-0.3, -0.25) is 14.5 Å². The van der Waals surface area contributed by atoms with Crippen LogP contribution in [0.25, 0.3) is 17.0 Å². The summed E-state index contributed by atoms with van der Waals surface area (Å²) < 4.78 is 7.83. The smallest absolute Gasteiger partial charge is 0.293 e. The predicted molar refractivity (Wildman–Crippen MR) is 117 cm³/mol. The Morgan fingerprint density at radius 1 is 1.10 bits per heavy atom. The zero-order valence-electron chi connectivity index (χ0n) is 16.6. The molecule has 0 saturated carbocycles. The van der Waals surface area contributed by atoms with Gasteiger partial charge in [-0.2, -0.15) is 0 Å². The van der Waals surface area contributed by atoms with Gasteiger partial charge in [0.05, 0.1) is 11.4 Å². The zero-order valence-corrected chi connectivity index (χ0v) is 17.5. The SMILES string of the molecule is Cc1ccc(C)c(OCCN2C(=O)S/C(=C\c3cn(C)c4ccccc34)C2=O)c1. The van der Waals surface area contributed by atoms with Crippen LogP contribution in [-0.4, -0.2) is 33.8 Å². The van der Waals surface area contributed by atoms with E-state index in [4.69, 9.17) is 4.74 Å². The summed E-state index contributed by atoms with van der Waals surface area (Å²) in [6, 6.07) is 14.0. The summed E-state index contributed by atoms with van der Waals surface area (Å²) in [5.41, 5.74) is 4.15. The van der Waals surface area contributed by atoms with Crippen molar-refractivity contribution in [1.29, 1.82) is 0 Å². The second-order valence-corrected chi connectivity index (χ2v) is 8.16. The minimum Gasteiger partial charge on any atom is -0.491 e. The lowest BCUT2D eigenvalue weighted by atomic mass is 10.1. The van der Waals surface area contributed by atoms with Crippen LogP contribution in [0.4, 0.5) is 4.79 Å². The number of thioether (sulfide) groups is 1. The van der Waals surface area contributed by atoms with Gasteiger partial charge in [-0.1, -0.05) is 30.3 Å². The standard InChI is InChI=1S/C23H22N2O3S/c1-15-8-9-16(2)20(12-15)28-11-10-25-22(26)21(29-23(25)27)13-17-14-24(3)19-7-5-4-6-18(17)19/h4-9,12-14H,10-11H2,1-3H3/b21-13-. The minimum atomic E-state index is -0.266. The molecular weight excluding hydrogens is 384 g/mol. The molecule has 1 saturated heterocycles. The van der Waals surface area contributed by atoms with Crippen molar-refractivity contribution in [3.8, 4) is 5.75 Å². The fourth-order valence-corrected chi connectivity index (χ4v) is 4.29. The van der Waals surface area contributed by atoms with Gasteiger partial charge in [-0.15, -0.1) is 0 Å². The van der Waals surface area contributed by atoms with E-state index in [9.17, 15) is 9.59 Å². The number of aryl methyl sites for hydroxylation is 3. The van der Waals surface area contributed by atoms with Crippen molar-refractivity contribution in [2.24, 2.45) is 7.05 Å². The summed E-state index contributed by atoms with van der Waals surface area (Å²) >= 11 is 0.980. The normalized spacial score (nSPS) is 15.7. The molecule has 1 fully saturated rings. The highest BCUT2D eigenvalue weighted by Gasteiger charge is 2.35. The van der Waals surface area contributed by atoms with E-state index in [0.717, 1.165) is 45.1 Å². The molecule has 1 aliphatic rings. The number of carbonyl (C=O) groups is 2. The summed E-state index contributed by atoms with van der Waals surface area (Å²) in [6.07, 6.45) is 3.78. The maximum Gasteiger partial charge on any atom is 0.293 e. The molecule has 6 heteroatoms. The monoisotopic (exact) mass is 406 g/mol. The Kier molecular flexibility index (Phi) is 5.20. The number of imide groups is 1. The molecule has 0 N–H and O–H groups in total. The quantitative estimate of drug-likeness (QED) is 0.565. The van der Waals surface area contributed by atoms with Gasteiger partial charge in [-0.05, 0) is 54.9 Å². The fourth-order valence-electron chi connectivity index (χ4n) is 3.43. The van der Waals surface area contributed by atoms with Crippen LogP contribution in [0.5, 0.6) is 5.75 Å². The van der Waals surface area contributed by atoms with E-state index in [-0.39, 0.29) is 24.3 Å². The average Bonchev–Trinajstić information content (AvgIpc) is 3.16. The number of para-hydroxylation sites is 1. The molecule has 2 heterocycles. The fraction of sp³-hybridized carbons (Fsp3) is 0.217. The number of carbonyl (C=O) groups excluding carboxylic acids is 2. The van der Waals surface area contributed by atoms with Crippen molar-refractivity contribution in [3.05, 3.63) is 70.3 Å². The van der Waals surface area contributed by atoms with Gasteiger partial charge in [0.25, 0.3) is 11.1 Å². The Bertz CT molecular complexity index is 1150. The lowest BCUT2D eigenvalue weighted by molar-refractivity contribution is -0.123. The minimum absolute atomic E-state index is 0.227. The zero-order chi connectivity index (χ0) is 20.5. The van der Waals surface area contributed by atoms with Crippen LogP contribution in [0.3, 0.4) is 0 Å². The Morgan fingerprint density at radius 3 is 2.72 bits per heavy atom. The number of ether oxygens (including phenoxy) is 1. The molecule has 1 aliphatic heterocycles. The van der Waals surface area contributed by atoms with E-state index in [0.29, 0.717) is 4.91 Å². The van der Waals surface area contributed by atoms with Gasteiger partial charge in [0, 0.05) is 29.7 Å². The lowest BCUT2D eigenvalue weighted by Crippen LogP contribution is -2.32. The summed E-state index contributed by atoms with van der Waals surface area (Å²) in [4.78, 5) is 26.9. The average molecular weight is 407 g/mol. The van der Waals surface area contributed by atoms with Crippen LogP contribution in [0, 0.1) is 13.8 Å². The summed E-state index contributed by atoms with van der Waals surface area (Å²) in [5.74, 6) is 0.515. The molecule has 2 amide bonds. The molecule has 0 radical (unpaired) electrons. The van der Waals surface area contributed by atoms with Crippen LogP contribution in [0.1, 0.15) is 16.7 Å². The molecule has 5 nitrogen and oxygen atoms in total. The van der Waals surface area contributed by atoms with Gasteiger partial charge < -0.3 is 9.30 Å². The van der Waals surface area contributed by atoms with Crippen molar-refractivity contribution in [1.82, 2.24) is 9.47 Å². The number of aromatic nitrogens is 1. The third kappa shape index (κ3) is 3.80. The highest BCUT2D eigenvalue weighted by molar-refractivity contribution is 8.18. The third-order valence-electron chi connectivity index (χ3n) is 5.00. The van der Waals surface area contributed by atoms with Crippen molar-refractivity contribution in [2.45, 2.75) is 13.8 Å². The Balaban J connectivity index is 1.48. The predicted octanol–water partition coefficient (Wildman–Crippen LogP) is 4.91. The van der Waals surface area contributed by atoms with Crippen LogP contribution in [-0.2, 0) is 11.8 Å².